The van der Waals surface area contributed by atoms with Crippen molar-refractivity contribution in [2.24, 2.45) is 5.92 Å². The molecule has 0 bridgehead atoms. The Kier molecular flexibility index (Phi) is 3.27. The maximum atomic E-state index is 9.37. The molecule has 1 aromatic carbocycles. The average molecular weight is 205 g/mol. The SMILES string of the molecule is CC(NCC1CCC1)c1cccc(O)c1. The monoisotopic (exact) mass is 205 g/mol. The first-order valence-electron chi connectivity index (χ1n) is 5.78. The molecule has 0 heterocycles. The summed E-state index contributed by atoms with van der Waals surface area (Å²) in [4.78, 5) is 0. The van der Waals surface area contributed by atoms with Gasteiger partial charge in [-0.3, -0.25) is 0 Å². The molecule has 0 radical (unpaired) electrons. The van der Waals surface area contributed by atoms with Crippen LogP contribution in [0.4, 0.5) is 0 Å². The molecule has 1 atom stereocenters. The van der Waals surface area contributed by atoms with Gasteiger partial charge in [0.25, 0.3) is 0 Å². The molecule has 15 heavy (non-hydrogen) atoms. The lowest BCUT2D eigenvalue weighted by molar-refractivity contribution is 0.292. The quantitative estimate of drug-likeness (QED) is 0.792. The van der Waals surface area contributed by atoms with E-state index in [2.05, 4.69) is 18.3 Å². The van der Waals surface area contributed by atoms with Gasteiger partial charge in [-0.25, -0.2) is 0 Å². The Hall–Kier alpha value is -1.02. The average Bonchev–Trinajstić information content (AvgIpc) is 2.15. The molecule has 1 unspecified atom stereocenters. The van der Waals surface area contributed by atoms with E-state index in [1.165, 1.54) is 19.3 Å². The molecule has 0 aromatic heterocycles. The highest BCUT2D eigenvalue weighted by Gasteiger charge is 2.17. The van der Waals surface area contributed by atoms with Crippen LogP contribution in [0.25, 0.3) is 0 Å². The lowest BCUT2D eigenvalue weighted by Gasteiger charge is -2.27. The molecule has 2 rings (SSSR count). The van der Waals surface area contributed by atoms with Crippen LogP contribution < -0.4 is 5.32 Å². The second-order valence-electron chi connectivity index (χ2n) is 4.52. The number of rotatable bonds is 4. The Morgan fingerprint density at radius 2 is 2.27 bits per heavy atom. The number of aromatic hydroxyl groups is 1. The minimum absolute atomic E-state index is 0.331. The van der Waals surface area contributed by atoms with E-state index in [9.17, 15) is 5.11 Å². The number of benzene rings is 1. The predicted molar refractivity (Wildman–Crippen MR) is 61.9 cm³/mol. The van der Waals surface area contributed by atoms with Gasteiger partial charge in [0.05, 0.1) is 0 Å². The van der Waals surface area contributed by atoms with E-state index >= 15 is 0 Å². The first-order valence-corrected chi connectivity index (χ1v) is 5.78. The van der Waals surface area contributed by atoms with Gasteiger partial charge in [0, 0.05) is 6.04 Å². The Morgan fingerprint density at radius 1 is 1.47 bits per heavy atom. The fraction of sp³-hybridized carbons (Fsp3) is 0.538. The van der Waals surface area contributed by atoms with Crippen molar-refractivity contribution in [3.63, 3.8) is 0 Å². The first kappa shape index (κ1) is 10.5. The van der Waals surface area contributed by atoms with Crippen LogP contribution in [-0.2, 0) is 0 Å². The molecule has 0 spiro atoms. The lowest BCUT2D eigenvalue weighted by atomic mass is 9.85. The van der Waals surface area contributed by atoms with Crippen LogP contribution >= 0.6 is 0 Å². The van der Waals surface area contributed by atoms with E-state index in [0.717, 1.165) is 18.0 Å². The van der Waals surface area contributed by atoms with E-state index < -0.39 is 0 Å². The molecule has 1 aliphatic carbocycles. The van der Waals surface area contributed by atoms with Crippen molar-refractivity contribution in [2.75, 3.05) is 6.54 Å². The molecular formula is C13H19NO. The zero-order valence-electron chi connectivity index (χ0n) is 9.24. The van der Waals surface area contributed by atoms with Crippen molar-refractivity contribution in [2.45, 2.75) is 32.2 Å². The molecule has 1 aliphatic rings. The smallest absolute Gasteiger partial charge is 0.115 e. The summed E-state index contributed by atoms with van der Waals surface area (Å²) >= 11 is 0. The summed E-state index contributed by atoms with van der Waals surface area (Å²) in [7, 11) is 0. The first-order chi connectivity index (χ1) is 7.25. The minimum atomic E-state index is 0.331. The van der Waals surface area contributed by atoms with Gasteiger partial charge in [-0.05, 0) is 49.9 Å². The summed E-state index contributed by atoms with van der Waals surface area (Å²) < 4.78 is 0. The lowest BCUT2D eigenvalue weighted by Crippen LogP contribution is -2.29. The minimum Gasteiger partial charge on any atom is -0.508 e. The maximum absolute atomic E-state index is 9.37. The molecule has 2 N–H and O–H groups in total. The zero-order chi connectivity index (χ0) is 10.7. The summed E-state index contributed by atoms with van der Waals surface area (Å²) in [5.74, 6) is 1.23. The number of hydrogen-bond acceptors (Lipinski definition) is 2. The molecule has 82 valence electrons. The van der Waals surface area contributed by atoms with Gasteiger partial charge in [-0.15, -0.1) is 0 Å². The summed E-state index contributed by atoms with van der Waals surface area (Å²) in [5.41, 5.74) is 1.16. The molecule has 0 saturated heterocycles. The fourth-order valence-corrected chi connectivity index (χ4v) is 1.95. The standard InChI is InChI=1S/C13H19NO/c1-10(14-9-11-4-2-5-11)12-6-3-7-13(15)8-12/h3,6-8,10-11,14-15H,2,4-5,9H2,1H3. The molecule has 2 nitrogen and oxygen atoms in total. The fourth-order valence-electron chi connectivity index (χ4n) is 1.95. The van der Waals surface area contributed by atoms with Crippen molar-refractivity contribution < 1.29 is 5.11 Å². The van der Waals surface area contributed by atoms with Gasteiger partial charge in [0.2, 0.25) is 0 Å². The van der Waals surface area contributed by atoms with Crippen molar-refractivity contribution >= 4 is 0 Å². The van der Waals surface area contributed by atoms with Gasteiger partial charge >= 0.3 is 0 Å². The van der Waals surface area contributed by atoms with E-state index in [-0.39, 0.29) is 0 Å². The second-order valence-corrected chi connectivity index (χ2v) is 4.52. The number of hydrogen-bond donors (Lipinski definition) is 2. The summed E-state index contributed by atoms with van der Waals surface area (Å²) in [6.45, 7) is 3.25. The predicted octanol–water partition coefficient (Wildman–Crippen LogP) is 2.84. The van der Waals surface area contributed by atoms with E-state index in [4.69, 9.17) is 0 Å². The van der Waals surface area contributed by atoms with Gasteiger partial charge in [0.1, 0.15) is 5.75 Å². The topological polar surface area (TPSA) is 32.3 Å². The van der Waals surface area contributed by atoms with Crippen LogP contribution in [-0.4, -0.2) is 11.7 Å². The second kappa shape index (κ2) is 4.67. The summed E-state index contributed by atoms with van der Waals surface area (Å²) in [5, 5.41) is 12.9. The van der Waals surface area contributed by atoms with Crippen LogP contribution in [0.15, 0.2) is 24.3 Å². The highest BCUT2D eigenvalue weighted by molar-refractivity contribution is 5.28. The van der Waals surface area contributed by atoms with Crippen molar-refractivity contribution in [3.05, 3.63) is 29.8 Å². The Balaban J connectivity index is 1.86. The molecule has 1 aromatic rings. The van der Waals surface area contributed by atoms with Crippen LogP contribution in [0, 0.1) is 5.92 Å². The molecule has 1 saturated carbocycles. The van der Waals surface area contributed by atoms with Gasteiger partial charge in [-0.2, -0.15) is 0 Å². The number of nitrogens with one attached hydrogen (secondary N) is 1. The van der Waals surface area contributed by atoms with Crippen LogP contribution in [0.3, 0.4) is 0 Å². The largest absolute Gasteiger partial charge is 0.508 e. The summed E-state index contributed by atoms with van der Waals surface area (Å²) in [6.07, 6.45) is 4.15. The third kappa shape index (κ3) is 2.72. The summed E-state index contributed by atoms with van der Waals surface area (Å²) in [6, 6.07) is 7.82. The van der Waals surface area contributed by atoms with Gasteiger partial charge in [-0.1, -0.05) is 18.6 Å². The van der Waals surface area contributed by atoms with Crippen LogP contribution in [0.5, 0.6) is 5.75 Å². The van der Waals surface area contributed by atoms with E-state index in [0.29, 0.717) is 11.8 Å². The number of phenols is 1. The molecular weight excluding hydrogens is 186 g/mol. The van der Waals surface area contributed by atoms with E-state index in [1.807, 2.05) is 12.1 Å². The molecule has 2 heteroatoms. The van der Waals surface area contributed by atoms with Gasteiger partial charge in [0.15, 0.2) is 0 Å². The Bertz CT molecular complexity index is 320. The highest BCUT2D eigenvalue weighted by atomic mass is 16.3. The third-order valence-corrected chi connectivity index (χ3v) is 3.31. The van der Waals surface area contributed by atoms with Crippen molar-refractivity contribution in [3.8, 4) is 5.75 Å². The van der Waals surface area contributed by atoms with Crippen molar-refractivity contribution in [1.29, 1.82) is 0 Å². The van der Waals surface area contributed by atoms with Crippen LogP contribution in [0.1, 0.15) is 37.8 Å². The normalized spacial score (nSPS) is 18.5. The Labute approximate surface area is 91.3 Å². The van der Waals surface area contributed by atoms with E-state index in [1.54, 1.807) is 6.07 Å². The van der Waals surface area contributed by atoms with Gasteiger partial charge < -0.3 is 10.4 Å². The highest BCUT2D eigenvalue weighted by Crippen LogP contribution is 2.26. The zero-order valence-corrected chi connectivity index (χ0v) is 9.24. The van der Waals surface area contributed by atoms with Crippen LogP contribution in [0.2, 0.25) is 0 Å². The van der Waals surface area contributed by atoms with Crippen molar-refractivity contribution in [1.82, 2.24) is 5.32 Å². The Morgan fingerprint density at radius 3 is 2.87 bits per heavy atom. The number of phenolic OH excluding ortho intramolecular Hbond substituents is 1. The maximum Gasteiger partial charge on any atom is 0.115 e. The molecule has 0 aliphatic heterocycles. The third-order valence-electron chi connectivity index (χ3n) is 3.31. The molecule has 0 amide bonds. The molecule has 1 fully saturated rings.